The summed E-state index contributed by atoms with van der Waals surface area (Å²) in [6, 6.07) is 7.64. The standard InChI is InChI=1S/C18H26N6O/c1-23(2)11-5-10-19-18-20-12-14(13-21-18)17(25)22-15-6-8-16(9-7-15)24(3)4/h6-9,12-13H,5,10-11H2,1-4H3,(H,22,25)(H,19,20,21). The molecule has 0 bridgehead atoms. The Labute approximate surface area is 149 Å². The molecule has 7 nitrogen and oxygen atoms in total. The summed E-state index contributed by atoms with van der Waals surface area (Å²) in [5.41, 5.74) is 2.24. The predicted octanol–water partition coefficient (Wildman–Crippen LogP) is 2.16. The monoisotopic (exact) mass is 342 g/mol. The van der Waals surface area contributed by atoms with E-state index < -0.39 is 0 Å². The second-order valence-electron chi connectivity index (χ2n) is 6.27. The summed E-state index contributed by atoms with van der Waals surface area (Å²) >= 11 is 0. The molecule has 7 heteroatoms. The topological polar surface area (TPSA) is 73.4 Å². The molecule has 2 N–H and O–H groups in total. The first-order chi connectivity index (χ1) is 12.0. The number of carbonyl (C=O) groups excluding carboxylic acids is 1. The van der Waals surface area contributed by atoms with Crippen molar-refractivity contribution in [1.29, 1.82) is 0 Å². The van der Waals surface area contributed by atoms with Gasteiger partial charge in [-0.15, -0.1) is 0 Å². The second kappa shape index (κ2) is 8.98. The summed E-state index contributed by atoms with van der Waals surface area (Å²) in [5.74, 6) is 0.308. The van der Waals surface area contributed by atoms with Crippen molar-refractivity contribution < 1.29 is 4.79 Å². The fraction of sp³-hybridized carbons (Fsp3) is 0.389. The van der Waals surface area contributed by atoms with E-state index >= 15 is 0 Å². The molecule has 0 aliphatic carbocycles. The van der Waals surface area contributed by atoms with E-state index in [1.165, 1.54) is 12.4 Å². The van der Waals surface area contributed by atoms with Gasteiger partial charge in [-0.1, -0.05) is 0 Å². The van der Waals surface area contributed by atoms with Crippen LogP contribution in [-0.2, 0) is 0 Å². The van der Waals surface area contributed by atoms with Crippen molar-refractivity contribution in [2.24, 2.45) is 0 Å². The van der Waals surface area contributed by atoms with Crippen LogP contribution < -0.4 is 15.5 Å². The first-order valence-electron chi connectivity index (χ1n) is 8.25. The lowest BCUT2D eigenvalue weighted by atomic mass is 10.2. The number of rotatable bonds is 8. The molecule has 134 valence electrons. The van der Waals surface area contributed by atoms with Crippen LogP contribution in [0.2, 0.25) is 0 Å². The lowest BCUT2D eigenvalue weighted by Gasteiger charge is -2.13. The van der Waals surface area contributed by atoms with Crippen molar-refractivity contribution in [2.45, 2.75) is 6.42 Å². The lowest BCUT2D eigenvalue weighted by molar-refractivity contribution is 0.102. The minimum Gasteiger partial charge on any atom is -0.378 e. The smallest absolute Gasteiger partial charge is 0.258 e. The molecule has 0 spiro atoms. The maximum atomic E-state index is 12.3. The molecule has 0 saturated carbocycles. The summed E-state index contributed by atoms with van der Waals surface area (Å²) in [6.45, 7) is 1.79. The third-order valence-electron chi connectivity index (χ3n) is 3.62. The number of carbonyl (C=O) groups is 1. The van der Waals surface area contributed by atoms with Gasteiger partial charge >= 0.3 is 0 Å². The number of hydrogen-bond acceptors (Lipinski definition) is 6. The Morgan fingerprint density at radius 2 is 1.68 bits per heavy atom. The molecule has 0 aliphatic heterocycles. The molecular formula is C18H26N6O. The quantitative estimate of drug-likeness (QED) is 0.716. The van der Waals surface area contributed by atoms with Crippen molar-refractivity contribution in [3.63, 3.8) is 0 Å². The zero-order chi connectivity index (χ0) is 18.2. The molecule has 0 radical (unpaired) electrons. The van der Waals surface area contributed by atoms with E-state index in [0.717, 1.165) is 30.9 Å². The third-order valence-corrected chi connectivity index (χ3v) is 3.62. The average molecular weight is 342 g/mol. The van der Waals surface area contributed by atoms with Crippen molar-refractivity contribution in [3.8, 4) is 0 Å². The minimum absolute atomic E-state index is 0.225. The van der Waals surface area contributed by atoms with Gasteiger partial charge in [-0.3, -0.25) is 4.79 Å². The molecule has 0 saturated heterocycles. The highest BCUT2D eigenvalue weighted by Crippen LogP contribution is 2.16. The van der Waals surface area contributed by atoms with Crippen LogP contribution >= 0.6 is 0 Å². The third kappa shape index (κ3) is 6.04. The summed E-state index contributed by atoms with van der Waals surface area (Å²) in [4.78, 5) is 24.8. The van der Waals surface area contributed by atoms with Gasteiger partial charge in [0.25, 0.3) is 5.91 Å². The Morgan fingerprint density at radius 1 is 1.04 bits per heavy atom. The van der Waals surface area contributed by atoms with Gasteiger partial charge in [-0.25, -0.2) is 9.97 Å². The molecular weight excluding hydrogens is 316 g/mol. The van der Waals surface area contributed by atoms with Crippen LogP contribution in [0.4, 0.5) is 17.3 Å². The van der Waals surface area contributed by atoms with Crippen molar-refractivity contribution in [2.75, 3.05) is 56.8 Å². The van der Waals surface area contributed by atoms with Crippen LogP contribution in [0.15, 0.2) is 36.7 Å². The van der Waals surface area contributed by atoms with Crippen molar-refractivity contribution >= 4 is 23.2 Å². The van der Waals surface area contributed by atoms with E-state index in [4.69, 9.17) is 0 Å². The average Bonchev–Trinajstić information content (AvgIpc) is 2.59. The second-order valence-corrected chi connectivity index (χ2v) is 6.27. The largest absolute Gasteiger partial charge is 0.378 e. The molecule has 1 amide bonds. The zero-order valence-electron chi connectivity index (χ0n) is 15.3. The molecule has 1 aromatic carbocycles. The Morgan fingerprint density at radius 3 is 2.24 bits per heavy atom. The first kappa shape index (κ1) is 18.7. The number of aromatic nitrogens is 2. The maximum Gasteiger partial charge on any atom is 0.258 e. The van der Waals surface area contributed by atoms with Gasteiger partial charge in [0.05, 0.1) is 5.56 Å². The van der Waals surface area contributed by atoms with E-state index in [-0.39, 0.29) is 5.91 Å². The van der Waals surface area contributed by atoms with Crippen LogP contribution in [0.5, 0.6) is 0 Å². The Kier molecular flexibility index (Phi) is 6.71. The Hall–Kier alpha value is -2.67. The molecule has 0 fully saturated rings. The van der Waals surface area contributed by atoms with E-state index in [1.54, 1.807) is 0 Å². The van der Waals surface area contributed by atoms with Crippen molar-refractivity contribution in [1.82, 2.24) is 14.9 Å². The van der Waals surface area contributed by atoms with Crippen LogP contribution in [0.3, 0.4) is 0 Å². The van der Waals surface area contributed by atoms with Gasteiger partial charge < -0.3 is 20.4 Å². The molecule has 0 aliphatic rings. The van der Waals surface area contributed by atoms with Gasteiger partial charge in [0, 0.05) is 44.4 Å². The van der Waals surface area contributed by atoms with Crippen LogP contribution in [0.25, 0.3) is 0 Å². The highest BCUT2D eigenvalue weighted by molar-refractivity contribution is 6.03. The van der Waals surface area contributed by atoms with Gasteiger partial charge in [0.2, 0.25) is 5.95 Å². The number of hydrogen-bond donors (Lipinski definition) is 2. The van der Waals surface area contributed by atoms with E-state index in [9.17, 15) is 4.79 Å². The highest BCUT2D eigenvalue weighted by atomic mass is 16.1. The first-order valence-corrected chi connectivity index (χ1v) is 8.25. The fourth-order valence-electron chi connectivity index (χ4n) is 2.18. The van der Waals surface area contributed by atoms with Gasteiger partial charge in [-0.2, -0.15) is 0 Å². The van der Waals surface area contributed by atoms with E-state index in [1.807, 2.05) is 57.4 Å². The SMILES string of the molecule is CN(C)CCCNc1ncc(C(=O)Nc2ccc(N(C)C)cc2)cn1. The maximum absolute atomic E-state index is 12.3. The number of amides is 1. The number of nitrogens with zero attached hydrogens (tertiary/aromatic N) is 4. The van der Waals surface area contributed by atoms with E-state index in [0.29, 0.717) is 11.5 Å². The predicted molar refractivity (Wildman–Crippen MR) is 102 cm³/mol. The van der Waals surface area contributed by atoms with Crippen molar-refractivity contribution in [3.05, 3.63) is 42.2 Å². The summed E-state index contributed by atoms with van der Waals surface area (Å²) in [5, 5.41) is 5.99. The lowest BCUT2D eigenvalue weighted by Crippen LogP contribution is -2.17. The van der Waals surface area contributed by atoms with Crippen LogP contribution in [-0.4, -0.2) is 62.1 Å². The fourth-order valence-corrected chi connectivity index (χ4v) is 2.18. The van der Waals surface area contributed by atoms with Crippen LogP contribution in [0, 0.1) is 0 Å². The molecule has 1 heterocycles. The van der Waals surface area contributed by atoms with Gasteiger partial charge in [0.15, 0.2) is 0 Å². The molecule has 0 unspecified atom stereocenters. The van der Waals surface area contributed by atoms with Gasteiger partial charge in [0.1, 0.15) is 0 Å². The van der Waals surface area contributed by atoms with Gasteiger partial charge in [-0.05, 0) is 51.3 Å². The van der Waals surface area contributed by atoms with E-state index in [2.05, 4.69) is 25.5 Å². The summed E-state index contributed by atoms with van der Waals surface area (Å²) in [7, 11) is 8.03. The van der Waals surface area contributed by atoms with Crippen LogP contribution in [0.1, 0.15) is 16.8 Å². The molecule has 0 atom stereocenters. The normalized spacial score (nSPS) is 10.6. The molecule has 2 aromatic rings. The minimum atomic E-state index is -0.225. The molecule has 25 heavy (non-hydrogen) atoms. The highest BCUT2D eigenvalue weighted by Gasteiger charge is 2.08. The number of benzene rings is 1. The number of anilines is 3. The zero-order valence-corrected chi connectivity index (χ0v) is 15.3. The number of nitrogens with one attached hydrogen (secondary N) is 2. The Balaban J connectivity index is 1.87. The Bertz CT molecular complexity index is 667. The summed E-state index contributed by atoms with van der Waals surface area (Å²) < 4.78 is 0. The summed E-state index contributed by atoms with van der Waals surface area (Å²) in [6.07, 6.45) is 4.07. The molecule has 1 aromatic heterocycles. The molecule has 2 rings (SSSR count).